The number of piperidine rings is 1. The number of aliphatic carboxylic acids is 1. The van der Waals surface area contributed by atoms with Gasteiger partial charge in [-0.25, -0.2) is 17.8 Å². The van der Waals surface area contributed by atoms with Crippen molar-refractivity contribution in [3.63, 3.8) is 0 Å². The topological polar surface area (TPSA) is 100 Å². The van der Waals surface area contributed by atoms with Crippen LogP contribution in [-0.2, 0) is 27.8 Å². The van der Waals surface area contributed by atoms with E-state index in [2.05, 4.69) is 15.9 Å². The highest BCUT2D eigenvalue weighted by molar-refractivity contribution is 7.91. The summed E-state index contributed by atoms with van der Waals surface area (Å²) in [6.07, 6.45) is 0. The summed E-state index contributed by atoms with van der Waals surface area (Å²) in [4.78, 5) is 20.3. The molecule has 39 heavy (non-hydrogen) atoms. The Kier molecular flexibility index (Phi) is 6.84. The highest BCUT2D eigenvalue weighted by atomic mass is 32.2. The summed E-state index contributed by atoms with van der Waals surface area (Å²) in [6, 6.07) is 10.6. The number of carboxylic acids is 1. The molecule has 0 bridgehead atoms. The van der Waals surface area contributed by atoms with Crippen LogP contribution in [0, 0.1) is 30.5 Å². The van der Waals surface area contributed by atoms with E-state index in [4.69, 9.17) is 9.72 Å². The first-order valence-corrected chi connectivity index (χ1v) is 15.7. The Hall–Kier alpha value is -3.02. The van der Waals surface area contributed by atoms with E-state index in [0.717, 1.165) is 21.8 Å². The number of aromatic nitrogens is 1. The Labute approximate surface area is 231 Å². The second-order valence-electron chi connectivity index (χ2n) is 10.7. The first-order chi connectivity index (χ1) is 18.7. The zero-order valence-electron chi connectivity index (χ0n) is 21.5. The van der Waals surface area contributed by atoms with Crippen molar-refractivity contribution in [3.05, 3.63) is 64.3 Å². The van der Waals surface area contributed by atoms with E-state index in [9.17, 15) is 22.7 Å². The predicted octanol–water partition coefficient (Wildman–Crippen LogP) is 3.83. The maximum Gasteiger partial charge on any atom is 0.307 e. The molecular weight excluding hydrogens is 541 g/mol. The van der Waals surface area contributed by atoms with Crippen LogP contribution in [0.4, 0.5) is 9.52 Å². The maximum absolute atomic E-state index is 14.2. The van der Waals surface area contributed by atoms with Crippen LogP contribution < -0.4 is 9.64 Å². The number of nitrogens with zero attached hydrogens (tertiary/aromatic N) is 3. The molecule has 1 aliphatic carbocycles. The fourth-order valence-corrected chi connectivity index (χ4v) is 7.87. The second kappa shape index (κ2) is 10.2. The molecular formula is C28H30FN3O5S2. The predicted molar refractivity (Wildman–Crippen MR) is 147 cm³/mol. The van der Waals surface area contributed by atoms with Crippen molar-refractivity contribution >= 4 is 32.3 Å². The van der Waals surface area contributed by atoms with Crippen LogP contribution in [0.3, 0.4) is 0 Å². The molecule has 8 nitrogen and oxygen atoms in total. The first kappa shape index (κ1) is 26.2. The maximum atomic E-state index is 14.2. The van der Waals surface area contributed by atoms with Gasteiger partial charge in [-0.3, -0.25) is 9.69 Å². The van der Waals surface area contributed by atoms with Gasteiger partial charge >= 0.3 is 5.97 Å². The SMILES string of the molecule is Cc1cc(CN2CCS(=O)(=O)CC2)ccc1COc1ccc(F)cc1-c1csc(N2CC3C(C2)C3C(=O)O)n1. The normalized spacial score (nSPS) is 23.9. The number of hydrogen-bond acceptors (Lipinski definition) is 8. The number of benzene rings is 2. The van der Waals surface area contributed by atoms with Gasteiger partial charge in [0.1, 0.15) is 18.2 Å². The molecule has 3 aromatic rings. The lowest BCUT2D eigenvalue weighted by molar-refractivity contribution is -0.139. The van der Waals surface area contributed by atoms with E-state index < -0.39 is 15.8 Å². The molecule has 6 rings (SSSR count). The van der Waals surface area contributed by atoms with Gasteiger partial charge in [0.2, 0.25) is 0 Å². The smallest absolute Gasteiger partial charge is 0.307 e. The average Bonchev–Trinajstić information content (AvgIpc) is 3.21. The highest BCUT2D eigenvalue weighted by Gasteiger charge is 2.60. The monoisotopic (exact) mass is 571 g/mol. The van der Waals surface area contributed by atoms with Gasteiger partial charge in [-0.2, -0.15) is 0 Å². The Morgan fingerprint density at radius 2 is 1.90 bits per heavy atom. The summed E-state index contributed by atoms with van der Waals surface area (Å²) in [7, 11) is -2.90. The summed E-state index contributed by atoms with van der Waals surface area (Å²) < 4.78 is 43.8. The van der Waals surface area contributed by atoms with E-state index in [1.807, 2.05) is 24.4 Å². The third-order valence-corrected chi connectivity index (χ3v) is 10.6. The van der Waals surface area contributed by atoms with Gasteiger partial charge in [0.25, 0.3) is 0 Å². The Morgan fingerprint density at radius 3 is 2.59 bits per heavy atom. The molecule has 206 valence electrons. The van der Waals surface area contributed by atoms with E-state index in [-0.39, 0.29) is 35.1 Å². The van der Waals surface area contributed by atoms with Crippen LogP contribution in [0.1, 0.15) is 16.7 Å². The quantitative estimate of drug-likeness (QED) is 0.436. The number of carbonyl (C=O) groups is 1. The summed E-state index contributed by atoms with van der Waals surface area (Å²) >= 11 is 1.47. The molecule has 2 atom stereocenters. The molecule has 3 heterocycles. The van der Waals surface area contributed by atoms with Crippen molar-refractivity contribution in [2.75, 3.05) is 42.6 Å². The van der Waals surface area contributed by atoms with Gasteiger partial charge in [-0.1, -0.05) is 18.2 Å². The zero-order chi connectivity index (χ0) is 27.3. The van der Waals surface area contributed by atoms with Crippen LogP contribution in [-0.4, -0.2) is 67.1 Å². The van der Waals surface area contributed by atoms with E-state index in [0.29, 0.717) is 56.3 Å². The van der Waals surface area contributed by atoms with E-state index >= 15 is 0 Å². The first-order valence-electron chi connectivity index (χ1n) is 13.0. The lowest BCUT2D eigenvalue weighted by Gasteiger charge is -2.26. The number of anilines is 1. The number of hydrogen-bond donors (Lipinski definition) is 1. The Bertz CT molecular complexity index is 1500. The van der Waals surface area contributed by atoms with Crippen LogP contribution in [0.15, 0.2) is 41.8 Å². The summed E-state index contributed by atoms with van der Waals surface area (Å²) in [5.41, 5.74) is 4.43. The summed E-state index contributed by atoms with van der Waals surface area (Å²) in [6.45, 7) is 5.54. The van der Waals surface area contributed by atoms with E-state index in [1.165, 1.54) is 23.5 Å². The van der Waals surface area contributed by atoms with E-state index in [1.54, 1.807) is 6.07 Å². The summed E-state index contributed by atoms with van der Waals surface area (Å²) in [5.74, 6) is 0.0272. The number of sulfone groups is 1. The van der Waals surface area contributed by atoms with Gasteiger partial charge in [0.15, 0.2) is 15.0 Å². The van der Waals surface area contributed by atoms with Gasteiger partial charge < -0.3 is 14.7 Å². The number of fused-ring (bicyclic) bond motifs is 1. The molecule has 2 aliphatic heterocycles. The van der Waals surface area contributed by atoms with Crippen molar-refractivity contribution in [2.45, 2.75) is 20.1 Å². The molecule has 0 amide bonds. The molecule has 2 saturated heterocycles. The summed E-state index contributed by atoms with van der Waals surface area (Å²) in [5, 5.41) is 12.0. The van der Waals surface area contributed by atoms with Crippen LogP contribution in [0.5, 0.6) is 5.75 Å². The minimum Gasteiger partial charge on any atom is -0.488 e. The van der Waals surface area contributed by atoms with Crippen molar-refractivity contribution in [1.29, 1.82) is 0 Å². The molecule has 0 spiro atoms. The minimum atomic E-state index is -2.90. The lowest BCUT2D eigenvalue weighted by Crippen LogP contribution is -2.39. The number of thiazole rings is 1. The number of carboxylic acid groups (broad SMARTS) is 1. The third-order valence-electron chi connectivity index (χ3n) is 8.09. The lowest BCUT2D eigenvalue weighted by atomic mass is 10.0. The molecule has 1 N–H and O–H groups in total. The van der Waals surface area contributed by atoms with Crippen LogP contribution >= 0.6 is 11.3 Å². The van der Waals surface area contributed by atoms with Crippen LogP contribution in [0.2, 0.25) is 0 Å². The van der Waals surface area contributed by atoms with Gasteiger partial charge in [-0.05, 0) is 53.6 Å². The van der Waals surface area contributed by atoms with Gasteiger partial charge in [0.05, 0.1) is 23.1 Å². The number of ether oxygens (including phenoxy) is 1. The fourth-order valence-electron chi connectivity index (χ4n) is 5.75. The van der Waals surface area contributed by atoms with Crippen molar-refractivity contribution < 1.29 is 27.4 Å². The minimum absolute atomic E-state index is 0.188. The third kappa shape index (κ3) is 5.53. The molecule has 1 aromatic heterocycles. The molecule has 3 aliphatic rings. The van der Waals surface area contributed by atoms with Crippen molar-refractivity contribution in [3.8, 4) is 17.0 Å². The molecule has 1 saturated carbocycles. The standard InChI is InChI=1S/C28H30FN3O5S2/c1-17-10-18(12-31-6-8-39(35,36)9-7-31)2-3-19(17)15-37-25-5-4-20(29)11-21(25)24-16-38-28(30-24)32-13-22-23(14-32)26(22)27(33)34/h2-5,10-11,16,22-23,26H,6-9,12-15H2,1H3,(H,33,34). The molecule has 2 aromatic carbocycles. The fraction of sp³-hybridized carbons (Fsp3) is 0.429. The average molecular weight is 572 g/mol. The number of rotatable bonds is 8. The molecule has 2 unspecified atom stereocenters. The van der Waals surface area contributed by atoms with Gasteiger partial charge in [0, 0.05) is 43.7 Å². The zero-order valence-corrected chi connectivity index (χ0v) is 23.2. The highest BCUT2D eigenvalue weighted by Crippen LogP contribution is 2.53. The molecule has 11 heteroatoms. The number of aryl methyl sites for hydroxylation is 1. The second-order valence-corrected chi connectivity index (χ2v) is 13.9. The van der Waals surface area contributed by atoms with Crippen LogP contribution in [0.25, 0.3) is 11.3 Å². The van der Waals surface area contributed by atoms with Gasteiger partial charge in [-0.15, -0.1) is 11.3 Å². The van der Waals surface area contributed by atoms with Crippen molar-refractivity contribution in [2.24, 2.45) is 17.8 Å². The largest absolute Gasteiger partial charge is 0.488 e. The molecule has 3 fully saturated rings. The Morgan fingerprint density at radius 1 is 1.15 bits per heavy atom. The van der Waals surface area contributed by atoms with Crippen molar-refractivity contribution in [1.82, 2.24) is 9.88 Å². The Balaban J connectivity index is 1.11. The molecule has 0 radical (unpaired) electrons. The number of halogens is 1.